The fourth-order valence-electron chi connectivity index (χ4n) is 12.5. The number of hydrogen-bond acceptors (Lipinski definition) is 8. The molecule has 0 aliphatic carbocycles. The molecule has 0 saturated heterocycles. The van der Waals surface area contributed by atoms with Crippen LogP contribution in [0.5, 0.6) is 0 Å². The molecule has 0 bridgehead atoms. The van der Waals surface area contributed by atoms with Gasteiger partial charge < -0.3 is 17.7 Å². The third kappa shape index (κ3) is 10.9. The van der Waals surface area contributed by atoms with Crippen molar-refractivity contribution in [1.82, 2.24) is 19.9 Å². The van der Waals surface area contributed by atoms with Crippen molar-refractivity contribution >= 4 is 87.9 Å². The SMILES string of the molecule is [2H]C([2H])([2H])c1ccc(-c2c(C)ccc3c2oc2ccnc(C([2H])([2H])[2H])c23)[n+](C)c1.[2H]C([2H])([2H])c1ccc(-c2c(C)ccc3c2oc2cnc(C)cc23)[n+](C)c1.[2H]C([2H])([2H])c1ccc(-c2c(C)ccc3c2oc2nc(C)ccc23)[n+](C)c1.[2H]C([2H])([2H])c1nc(C)c(-c2ccc(C)c[n+]2C)c2oc3ccccc3c12. The van der Waals surface area contributed by atoms with Gasteiger partial charge >= 0.3 is 0 Å². The van der Waals surface area contributed by atoms with Crippen LogP contribution in [0, 0.1) is 82.7 Å². The van der Waals surface area contributed by atoms with Crippen LogP contribution in [0.25, 0.3) is 133 Å². The van der Waals surface area contributed by atoms with Gasteiger partial charge in [-0.3, -0.25) is 15.0 Å². The smallest absolute Gasteiger partial charge is 0.227 e. The van der Waals surface area contributed by atoms with Crippen molar-refractivity contribution in [1.29, 1.82) is 0 Å². The Kier molecular flexibility index (Phi) is 11.6. The van der Waals surface area contributed by atoms with E-state index in [0.29, 0.717) is 61.0 Å². The molecular weight excluding hydrogens is 1140 g/mol. The first-order valence-corrected chi connectivity index (χ1v) is 30.0. The number of aromatic nitrogens is 8. The van der Waals surface area contributed by atoms with Gasteiger partial charge in [-0.05, 0) is 154 Å². The van der Waals surface area contributed by atoms with E-state index in [4.69, 9.17) is 38.2 Å². The quantitative estimate of drug-likeness (QED) is 0.160. The van der Waals surface area contributed by atoms with Crippen LogP contribution in [0.15, 0.2) is 188 Å². The molecule has 0 saturated carbocycles. The zero-order chi connectivity index (χ0) is 77.0. The van der Waals surface area contributed by atoms with Crippen LogP contribution < -0.4 is 18.3 Å². The van der Waals surface area contributed by atoms with Crippen LogP contribution in [0.2, 0.25) is 0 Å². The van der Waals surface area contributed by atoms with Crippen molar-refractivity contribution in [2.75, 3.05) is 0 Å². The minimum absolute atomic E-state index is 0.00526. The van der Waals surface area contributed by atoms with Gasteiger partial charge in [0.15, 0.2) is 41.5 Å². The van der Waals surface area contributed by atoms with Crippen molar-refractivity contribution in [3.05, 3.63) is 238 Å². The first-order chi connectivity index (χ1) is 50.3. The molecule has 0 atom stereocenters. The van der Waals surface area contributed by atoms with E-state index in [-0.39, 0.29) is 17.0 Å². The molecule has 12 nitrogen and oxygen atoms in total. The van der Waals surface area contributed by atoms with Crippen molar-refractivity contribution in [3.8, 4) is 45.0 Å². The van der Waals surface area contributed by atoms with Gasteiger partial charge in [0.2, 0.25) is 28.5 Å². The van der Waals surface area contributed by atoms with Gasteiger partial charge in [0, 0.05) is 134 Å². The van der Waals surface area contributed by atoms with Crippen molar-refractivity contribution in [2.24, 2.45) is 28.2 Å². The summed E-state index contributed by atoms with van der Waals surface area (Å²) in [6.07, 6.45) is 10.1. The number of nitrogens with zero attached hydrogens (tertiary/aromatic N) is 8. The van der Waals surface area contributed by atoms with Crippen molar-refractivity contribution in [2.45, 2.75) is 82.7 Å². The lowest BCUT2D eigenvalue weighted by Gasteiger charge is -2.07. The highest BCUT2D eigenvalue weighted by atomic mass is 16.3. The summed E-state index contributed by atoms with van der Waals surface area (Å²) in [7, 11) is 7.46. The number of rotatable bonds is 4. The fraction of sp³-hybridized carbons (Fsp3) is 0.200. The number of hydrogen-bond donors (Lipinski definition) is 0. The summed E-state index contributed by atoms with van der Waals surface area (Å²) in [6, 6.07) is 41.6. The minimum Gasteiger partial charge on any atom is -0.455 e. The van der Waals surface area contributed by atoms with Crippen LogP contribution in [0.3, 0.4) is 0 Å². The van der Waals surface area contributed by atoms with E-state index in [0.717, 1.165) is 122 Å². The Morgan fingerprint density at radius 2 is 0.848 bits per heavy atom. The molecule has 16 aromatic rings. The maximum absolute atomic E-state index is 7.94. The Bertz CT molecular complexity index is 6160. The molecule has 0 N–H and O–H groups in total. The van der Waals surface area contributed by atoms with E-state index in [2.05, 4.69) is 38.1 Å². The zero-order valence-corrected chi connectivity index (χ0v) is 52.9. The zero-order valence-electron chi connectivity index (χ0n) is 67.9. The Morgan fingerprint density at radius 3 is 1.43 bits per heavy atom. The molecule has 12 heteroatoms. The molecule has 0 aliphatic rings. The average molecular weight is 1230 g/mol. The number of para-hydroxylation sites is 1. The molecule has 0 amide bonds. The van der Waals surface area contributed by atoms with Gasteiger partial charge in [-0.2, -0.15) is 0 Å². The first-order valence-electron chi connectivity index (χ1n) is 37.5. The lowest BCUT2D eigenvalue weighted by molar-refractivity contribution is -0.660. The van der Waals surface area contributed by atoms with E-state index in [1.54, 1.807) is 66.7 Å². The Balaban J connectivity index is 0.000000126. The van der Waals surface area contributed by atoms with Gasteiger partial charge in [-0.25, -0.2) is 23.3 Å². The van der Waals surface area contributed by atoms with Crippen LogP contribution in [0.1, 0.15) is 88.0 Å². The molecule has 0 radical (unpaired) electrons. The molecule has 0 spiro atoms. The molecule has 16 rings (SSSR count). The maximum atomic E-state index is 7.94. The van der Waals surface area contributed by atoms with E-state index in [1.165, 1.54) is 6.20 Å². The first kappa shape index (κ1) is 44.7. The summed E-state index contributed by atoms with van der Waals surface area (Å²) in [5, 5.41) is 6.55. The molecular formula is C80H76N8O4+4. The van der Waals surface area contributed by atoms with Crippen LogP contribution >= 0.6 is 0 Å². The summed E-state index contributed by atoms with van der Waals surface area (Å²) in [4.78, 5) is 17.4. The van der Waals surface area contributed by atoms with Crippen molar-refractivity contribution in [3.63, 3.8) is 0 Å². The molecule has 0 aliphatic heterocycles. The Labute approximate surface area is 556 Å². The van der Waals surface area contributed by atoms with E-state index >= 15 is 0 Å². The Hall–Kier alpha value is -10.7. The number of benzene rings is 4. The monoisotopic (exact) mass is 1230 g/mol. The molecule has 0 fully saturated rings. The summed E-state index contributed by atoms with van der Waals surface area (Å²) in [6.45, 7) is 2.61. The molecule has 456 valence electrons. The third-order valence-corrected chi connectivity index (χ3v) is 16.9. The molecule has 12 aromatic heterocycles. The second kappa shape index (κ2) is 23.9. The number of pyridine rings is 8. The predicted octanol–water partition coefficient (Wildman–Crippen LogP) is 17.6. The topological polar surface area (TPSA) is 120 Å². The summed E-state index contributed by atoms with van der Waals surface area (Å²) < 4.78 is 148. The lowest BCUT2D eigenvalue weighted by atomic mass is 10.00. The van der Waals surface area contributed by atoms with E-state index < -0.39 is 34.3 Å². The van der Waals surface area contributed by atoms with Gasteiger partial charge in [0.25, 0.3) is 0 Å². The molecule has 12 heterocycles. The summed E-state index contributed by atoms with van der Waals surface area (Å²) >= 11 is 0. The standard InChI is InChI=1S/4C20H19N2O/c1-12-5-10-17(22(4)11-12)18-13(2)6-8-15-16-9-7-14(3)21-20(16)23-19(15)18;1-12-5-8-17(22(4)11-12)19-13(2)6-7-15-16-9-14(3)21-10-18(16)23-20(15)19;1-12-5-8-16(22(4)11-12)18-13(2)6-7-15-19-14(3)21-10-9-17(19)23-20(15)18;1-12-9-10-16(22(4)11-12)19-14(3)21-13(2)18-15-7-5-6-8-17(15)23-20(18)19/h4*5-11H,1-4H3/q4*+1/i2*1D3;1D3,3D3;2D3. The molecule has 92 heavy (non-hydrogen) atoms. The van der Waals surface area contributed by atoms with Gasteiger partial charge in [0.05, 0.1) is 34.0 Å². The normalized spacial score (nSPS) is 14.6. The fourth-order valence-corrected chi connectivity index (χ4v) is 12.5. The minimum atomic E-state index is -2.37. The average Bonchev–Trinajstić information content (AvgIpc) is 1.64. The second-order valence-electron chi connectivity index (χ2n) is 23.5. The highest BCUT2D eigenvalue weighted by Crippen LogP contribution is 2.41. The molecule has 4 aromatic carbocycles. The number of aryl methyl sites for hydroxylation is 16. The van der Waals surface area contributed by atoms with E-state index in [9.17, 15) is 0 Å². The number of fused-ring (bicyclic) bond motifs is 12. The largest absolute Gasteiger partial charge is 0.455 e. The summed E-state index contributed by atoms with van der Waals surface area (Å²) in [5.74, 6) is 0. The summed E-state index contributed by atoms with van der Waals surface area (Å²) in [5.41, 5.74) is 19.9. The van der Waals surface area contributed by atoms with E-state index in [1.807, 2.05) is 174 Å². The Morgan fingerprint density at radius 1 is 0.348 bits per heavy atom. The third-order valence-electron chi connectivity index (χ3n) is 16.9. The van der Waals surface area contributed by atoms with Crippen LogP contribution in [-0.2, 0) is 28.2 Å². The maximum Gasteiger partial charge on any atom is 0.227 e. The lowest BCUT2D eigenvalue weighted by Crippen LogP contribution is -2.31. The van der Waals surface area contributed by atoms with Gasteiger partial charge in [0.1, 0.15) is 56.1 Å². The second-order valence-corrected chi connectivity index (χ2v) is 23.5. The predicted molar refractivity (Wildman–Crippen MR) is 369 cm³/mol. The number of furan rings is 4. The van der Waals surface area contributed by atoms with Gasteiger partial charge in [-0.1, -0.05) is 54.6 Å². The highest BCUT2D eigenvalue weighted by Gasteiger charge is 2.26. The van der Waals surface area contributed by atoms with Crippen LogP contribution in [0.4, 0.5) is 0 Å². The highest BCUT2D eigenvalue weighted by molar-refractivity contribution is 6.13. The van der Waals surface area contributed by atoms with Crippen molar-refractivity contribution < 1.29 is 56.5 Å². The van der Waals surface area contributed by atoms with Crippen LogP contribution in [-0.4, -0.2) is 19.9 Å². The molecule has 0 unspecified atom stereocenters. The van der Waals surface area contributed by atoms with Gasteiger partial charge in [-0.15, -0.1) is 0 Å².